The maximum absolute atomic E-state index is 4.36. The molecule has 1 saturated heterocycles. The van der Waals surface area contributed by atoms with Gasteiger partial charge in [0.05, 0.1) is 0 Å². The third-order valence-corrected chi connectivity index (χ3v) is 4.99. The monoisotopic (exact) mass is 273 g/mol. The van der Waals surface area contributed by atoms with E-state index in [1.54, 1.807) is 0 Å². The zero-order valence-corrected chi connectivity index (χ0v) is 13.1. The van der Waals surface area contributed by atoms with Gasteiger partial charge in [0.25, 0.3) is 0 Å². The standard InChI is InChI=1S/C17H27N3/c1-14-8-15(10-18-9-14)11-20-13-16(2,3)19-12-17(20)6-4-5-7-17/h8-10,19H,4-7,11-13H2,1-3H3. The Morgan fingerprint density at radius 3 is 2.70 bits per heavy atom. The topological polar surface area (TPSA) is 28.2 Å². The Labute approximate surface area is 122 Å². The van der Waals surface area contributed by atoms with Crippen molar-refractivity contribution in [3.8, 4) is 0 Å². The van der Waals surface area contributed by atoms with Gasteiger partial charge in [0.15, 0.2) is 0 Å². The van der Waals surface area contributed by atoms with E-state index >= 15 is 0 Å². The first-order chi connectivity index (χ1) is 9.49. The van der Waals surface area contributed by atoms with E-state index in [1.165, 1.54) is 36.8 Å². The average Bonchev–Trinajstić information content (AvgIpc) is 2.84. The van der Waals surface area contributed by atoms with Crippen LogP contribution >= 0.6 is 0 Å². The number of hydrogen-bond donors (Lipinski definition) is 1. The van der Waals surface area contributed by atoms with Gasteiger partial charge in [0, 0.05) is 43.1 Å². The van der Waals surface area contributed by atoms with E-state index in [0.29, 0.717) is 5.54 Å². The molecule has 1 aliphatic carbocycles. The molecule has 1 spiro atoms. The van der Waals surface area contributed by atoms with Gasteiger partial charge >= 0.3 is 0 Å². The van der Waals surface area contributed by atoms with Gasteiger partial charge in [-0.2, -0.15) is 0 Å². The van der Waals surface area contributed by atoms with E-state index in [0.717, 1.165) is 19.6 Å². The van der Waals surface area contributed by atoms with E-state index in [9.17, 15) is 0 Å². The molecule has 1 N–H and O–H groups in total. The van der Waals surface area contributed by atoms with Gasteiger partial charge in [0.2, 0.25) is 0 Å². The Bertz CT molecular complexity index is 475. The summed E-state index contributed by atoms with van der Waals surface area (Å²) in [5.74, 6) is 0. The molecule has 0 amide bonds. The van der Waals surface area contributed by atoms with Crippen LogP contribution in [-0.4, -0.2) is 34.1 Å². The fraction of sp³-hybridized carbons (Fsp3) is 0.706. The molecule has 0 bridgehead atoms. The Morgan fingerprint density at radius 1 is 1.25 bits per heavy atom. The summed E-state index contributed by atoms with van der Waals surface area (Å²) in [6.45, 7) is 10.1. The van der Waals surface area contributed by atoms with Crippen LogP contribution in [0.3, 0.4) is 0 Å². The van der Waals surface area contributed by atoms with E-state index in [2.05, 4.69) is 42.0 Å². The van der Waals surface area contributed by atoms with Gasteiger partial charge in [-0.25, -0.2) is 0 Å². The maximum Gasteiger partial charge on any atom is 0.0338 e. The van der Waals surface area contributed by atoms with E-state index in [1.807, 2.05) is 12.4 Å². The molecular formula is C17H27N3. The summed E-state index contributed by atoms with van der Waals surface area (Å²) in [4.78, 5) is 7.09. The molecule has 0 atom stereocenters. The van der Waals surface area contributed by atoms with Gasteiger partial charge in [-0.3, -0.25) is 9.88 Å². The predicted octanol–water partition coefficient (Wildman–Crippen LogP) is 2.89. The van der Waals surface area contributed by atoms with E-state index < -0.39 is 0 Å². The van der Waals surface area contributed by atoms with Gasteiger partial charge in [-0.15, -0.1) is 0 Å². The zero-order chi connectivity index (χ0) is 14.2. The number of hydrogen-bond acceptors (Lipinski definition) is 3. The largest absolute Gasteiger partial charge is 0.309 e. The van der Waals surface area contributed by atoms with Crippen LogP contribution in [-0.2, 0) is 6.54 Å². The molecule has 1 aromatic rings. The molecule has 110 valence electrons. The number of nitrogens with one attached hydrogen (secondary N) is 1. The first kappa shape index (κ1) is 14.0. The summed E-state index contributed by atoms with van der Waals surface area (Å²) in [7, 11) is 0. The molecule has 1 saturated carbocycles. The minimum atomic E-state index is 0.213. The fourth-order valence-electron chi connectivity index (χ4n) is 3.89. The minimum absolute atomic E-state index is 0.213. The normalized spacial score (nSPS) is 25.1. The van der Waals surface area contributed by atoms with Crippen molar-refractivity contribution in [3.05, 3.63) is 29.6 Å². The lowest BCUT2D eigenvalue weighted by Crippen LogP contribution is -2.66. The molecule has 0 radical (unpaired) electrons. The van der Waals surface area contributed by atoms with Crippen molar-refractivity contribution in [2.45, 2.75) is 64.1 Å². The summed E-state index contributed by atoms with van der Waals surface area (Å²) in [5, 5.41) is 3.76. The first-order valence-corrected chi connectivity index (χ1v) is 7.90. The maximum atomic E-state index is 4.36. The smallest absolute Gasteiger partial charge is 0.0338 e. The SMILES string of the molecule is Cc1cncc(CN2CC(C)(C)NCC23CCCC3)c1. The fourth-order valence-corrected chi connectivity index (χ4v) is 3.89. The molecule has 3 nitrogen and oxygen atoms in total. The second-order valence-corrected chi connectivity index (χ2v) is 7.40. The van der Waals surface area contributed by atoms with Crippen molar-refractivity contribution in [3.63, 3.8) is 0 Å². The van der Waals surface area contributed by atoms with Crippen molar-refractivity contribution >= 4 is 0 Å². The minimum Gasteiger partial charge on any atom is -0.309 e. The third-order valence-electron chi connectivity index (χ3n) is 4.99. The summed E-state index contributed by atoms with van der Waals surface area (Å²) in [6, 6.07) is 2.28. The highest BCUT2D eigenvalue weighted by molar-refractivity contribution is 5.18. The van der Waals surface area contributed by atoms with Gasteiger partial charge in [-0.05, 0) is 44.7 Å². The van der Waals surface area contributed by atoms with Crippen LogP contribution in [0.1, 0.15) is 50.7 Å². The van der Waals surface area contributed by atoms with Crippen LogP contribution in [0.2, 0.25) is 0 Å². The Hall–Kier alpha value is -0.930. The lowest BCUT2D eigenvalue weighted by atomic mass is 9.86. The van der Waals surface area contributed by atoms with Crippen LogP contribution in [0.25, 0.3) is 0 Å². The summed E-state index contributed by atoms with van der Waals surface area (Å²) in [5.41, 5.74) is 3.22. The Kier molecular flexibility index (Phi) is 3.59. The Balaban J connectivity index is 1.82. The van der Waals surface area contributed by atoms with Gasteiger partial charge in [0.1, 0.15) is 0 Å². The van der Waals surface area contributed by atoms with Crippen LogP contribution < -0.4 is 5.32 Å². The quantitative estimate of drug-likeness (QED) is 0.898. The van der Waals surface area contributed by atoms with Crippen LogP contribution in [0.5, 0.6) is 0 Å². The zero-order valence-electron chi connectivity index (χ0n) is 13.1. The third kappa shape index (κ3) is 2.75. The Morgan fingerprint density at radius 2 is 2.00 bits per heavy atom. The van der Waals surface area contributed by atoms with E-state index in [-0.39, 0.29) is 5.54 Å². The molecule has 2 fully saturated rings. The molecule has 2 aliphatic rings. The highest BCUT2D eigenvalue weighted by Crippen LogP contribution is 2.39. The number of rotatable bonds is 2. The molecule has 3 rings (SSSR count). The molecule has 1 aliphatic heterocycles. The molecule has 1 aromatic heterocycles. The predicted molar refractivity (Wildman–Crippen MR) is 82.7 cm³/mol. The van der Waals surface area contributed by atoms with Crippen LogP contribution in [0.4, 0.5) is 0 Å². The number of aryl methyl sites for hydroxylation is 1. The number of piperazine rings is 1. The van der Waals surface area contributed by atoms with Crippen molar-refractivity contribution in [1.29, 1.82) is 0 Å². The summed E-state index contributed by atoms with van der Waals surface area (Å²) >= 11 is 0. The van der Waals surface area contributed by atoms with E-state index in [4.69, 9.17) is 0 Å². The van der Waals surface area contributed by atoms with Gasteiger partial charge < -0.3 is 5.32 Å². The van der Waals surface area contributed by atoms with Crippen LogP contribution in [0, 0.1) is 6.92 Å². The second-order valence-electron chi connectivity index (χ2n) is 7.40. The molecule has 20 heavy (non-hydrogen) atoms. The van der Waals surface area contributed by atoms with Crippen molar-refractivity contribution in [1.82, 2.24) is 15.2 Å². The molecule has 3 heteroatoms. The van der Waals surface area contributed by atoms with Crippen molar-refractivity contribution in [2.24, 2.45) is 0 Å². The van der Waals surface area contributed by atoms with Crippen LogP contribution in [0.15, 0.2) is 18.5 Å². The highest BCUT2D eigenvalue weighted by Gasteiger charge is 2.45. The highest BCUT2D eigenvalue weighted by atomic mass is 15.3. The second kappa shape index (κ2) is 5.12. The lowest BCUT2D eigenvalue weighted by Gasteiger charge is -2.51. The summed E-state index contributed by atoms with van der Waals surface area (Å²) in [6.07, 6.45) is 9.42. The molecule has 0 unspecified atom stereocenters. The molecule has 0 aromatic carbocycles. The number of aromatic nitrogens is 1. The lowest BCUT2D eigenvalue weighted by molar-refractivity contribution is 0.0121. The number of pyridine rings is 1. The van der Waals surface area contributed by atoms with Crippen molar-refractivity contribution < 1.29 is 0 Å². The average molecular weight is 273 g/mol. The first-order valence-electron chi connectivity index (χ1n) is 7.90. The number of nitrogens with zero attached hydrogens (tertiary/aromatic N) is 2. The van der Waals surface area contributed by atoms with Gasteiger partial charge in [-0.1, -0.05) is 18.9 Å². The molecular weight excluding hydrogens is 246 g/mol. The molecule has 2 heterocycles. The summed E-state index contributed by atoms with van der Waals surface area (Å²) < 4.78 is 0. The van der Waals surface area contributed by atoms with Crippen molar-refractivity contribution in [2.75, 3.05) is 13.1 Å².